The zero-order chi connectivity index (χ0) is 21.6. The smallest absolute Gasteiger partial charge is 0.269 e. The van der Waals surface area contributed by atoms with Gasteiger partial charge in [0.15, 0.2) is 0 Å². The molecule has 1 heterocycles. The Labute approximate surface area is 192 Å². The summed E-state index contributed by atoms with van der Waals surface area (Å²) in [6, 6.07) is 13.8. The quantitative estimate of drug-likeness (QED) is 0.334. The maximum atomic E-state index is 12.4. The predicted molar refractivity (Wildman–Crippen MR) is 122 cm³/mol. The van der Waals surface area contributed by atoms with Crippen molar-refractivity contribution < 1.29 is 13.2 Å². The number of hydrogen-bond acceptors (Lipinski definition) is 7. The molecule has 1 aromatic heterocycles. The lowest BCUT2D eigenvalue weighted by Crippen LogP contribution is -2.26. The van der Waals surface area contributed by atoms with Crippen molar-refractivity contribution >= 4 is 67.4 Å². The summed E-state index contributed by atoms with van der Waals surface area (Å²) < 4.78 is 27.0. The van der Waals surface area contributed by atoms with E-state index in [4.69, 9.17) is 23.2 Å². The molecule has 2 N–H and O–H groups in total. The zero-order valence-electron chi connectivity index (χ0n) is 15.3. The van der Waals surface area contributed by atoms with Crippen LogP contribution in [-0.4, -0.2) is 36.8 Å². The minimum atomic E-state index is -3.81. The number of hydrogen-bond donors (Lipinski definition) is 2. The number of nitrogens with one attached hydrogen (secondary N) is 2. The summed E-state index contributed by atoms with van der Waals surface area (Å²) in [5.74, 6) is 0.865. The molecular formula is C18H16Cl2N4O3S3. The first-order chi connectivity index (χ1) is 14.3. The average molecular weight is 503 g/mol. The Hall–Kier alpha value is -1.69. The summed E-state index contributed by atoms with van der Waals surface area (Å²) in [5, 5.41) is 11.2. The highest BCUT2D eigenvalue weighted by Crippen LogP contribution is 2.21. The number of anilines is 1. The molecule has 0 aliphatic heterocycles. The molecule has 30 heavy (non-hydrogen) atoms. The van der Waals surface area contributed by atoms with Crippen LogP contribution in [0, 0.1) is 0 Å². The SMILES string of the molecule is O=C(Nc1nnc(S(=O)(=O)NCCSCc2cccc(Cl)c2)s1)c1ccc(Cl)cc1. The first-order valence-corrected chi connectivity index (χ1v) is 12.8. The largest absolute Gasteiger partial charge is 0.296 e. The van der Waals surface area contributed by atoms with Crippen molar-refractivity contribution in [1.82, 2.24) is 14.9 Å². The second kappa shape index (κ2) is 10.6. The lowest BCUT2D eigenvalue weighted by Gasteiger charge is -2.04. The Morgan fingerprint density at radius 1 is 1.07 bits per heavy atom. The molecule has 0 radical (unpaired) electrons. The lowest BCUT2D eigenvalue weighted by molar-refractivity contribution is 0.102. The van der Waals surface area contributed by atoms with Crippen LogP contribution >= 0.6 is 46.3 Å². The van der Waals surface area contributed by atoms with Crippen LogP contribution < -0.4 is 10.0 Å². The Morgan fingerprint density at radius 2 is 1.83 bits per heavy atom. The predicted octanol–water partition coefficient (Wildman–Crippen LogP) is 4.31. The minimum absolute atomic E-state index is 0.0886. The average Bonchev–Trinajstić information content (AvgIpc) is 3.18. The van der Waals surface area contributed by atoms with Crippen molar-refractivity contribution in [2.75, 3.05) is 17.6 Å². The lowest BCUT2D eigenvalue weighted by atomic mass is 10.2. The van der Waals surface area contributed by atoms with Gasteiger partial charge in [-0.2, -0.15) is 11.8 Å². The van der Waals surface area contributed by atoms with Crippen LogP contribution in [0.1, 0.15) is 15.9 Å². The van der Waals surface area contributed by atoms with Gasteiger partial charge in [-0.15, -0.1) is 10.2 Å². The van der Waals surface area contributed by atoms with E-state index in [1.807, 2.05) is 18.2 Å². The monoisotopic (exact) mass is 502 g/mol. The number of carbonyl (C=O) groups is 1. The summed E-state index contributed by atoms with van der Waals surface area (Å²) >= 11 is 14.1. The van der Waals surface area contributed by atoms with Crippen molar-refractivity contribution in [3.63, 3.8) is 0 Å². The minimum Gasteiger partial charge on any atom is -0.296 e. The summed E-state index contributed by atoms with van der Waals surface area (Å²) in [5.41, 5.74) is 1.44. The van der Waals surface area contributed by atoms with Gasteiger partial charge in [-0.1, -0.05) is 46.7 Å². The molecule has 0 bridgehead atoms. The standard InChI is InChI=1S/C18H16Cl2N4O3S3/c19-14-6-4-13(5-7-14)16(25)22-17-23-24-18(29-17)30(26,27)21-8-9-28-11-12-2-1-3-15(20)10-12/h1-7,10,21H,8-9,11H2,(H,22,23,25). The fraction of sp³-hybridized carbons (Fsp3) is 0.167. The maximum absolute atomic E-state index is 12.4. The number of rotatable bonds is 9. The van der Waals surface area contributed by atoms with Gasteiger partial charge in [-0.05, 0) is 42.0 Å². The van der Waals surface area contributed by atoms with Crippen LogP contribution in [0.4, 0.5) is 5.13 Å². The van der Waals surface area contributed by atoms with Crippen LogP contribution in [0.5, 0.6) is 0 Å². The van der Waals surface area contributed by atoms with Crippen LogP contribution in [0.25, 0.3) is 0 Å². The molecule has 0 aliphatic rings. The number of thioether (sulfide) groups is 1. The highest BCUT2D eigenvalue weighted by molar-refractivity contribution is 7.98. The molecule has 0 aliphatic carbocycles. The molecule has 0 fully saturated rings. The summed E-state index contributed by atoms with van der Waals surface area (Å²) in [4.78, 5) is 12.2. The van der Waals surface area contributed by atoms with Crippen molar-refractivity contribution in [1.29, 1.82) is 0 Å². The van der Waals surface area contributed by atoms with Gasteiger partial charge in [0.1, 0.15) is 0 Å². The Kier molecular flexibility index (Phi) is 8.09. The van der Waals surface area contributed by atoms with Crippen LogP contribution in [-0.2, 0) is 15.8 Å². The molecule has 2 aromatic carbocycles. The second-order valence-corrected chi connectivity index (χ2v) is 10.8. The van der Waals surface area contributed by atoms with E-state index < -0.39 is 15.9 Å². The summed E-state index contributed by atoms with van der Waals surface area (Å²) in [6.07, 6.45) is 0. The number of carbonyl (C=O) groups excluding carboxylic acids is 1. The summed E-state index contributed by atoms with van der Waals surface area (Å²) in [7, 11) is -3.81. The fourth-order valence-corrected chi connectivity index (χ4v) is 5.51. The molecule has 3 aromatic rings. The molecule has 1 amide bonds. The van der Waals surface area contributed by atoms with E-state index in [0.29, 0.717) is 21.4 Å². The summed E-state index contributed by atoms with van der Waals surface area (Å²) in [6.45, 7) is 0.236. The van der Waals surface area contributed by atoms with E-state index in [0.717, 1.165) is 22.7 Å². The van der Waals surface area contributed by atoms with Crippen molar-refractivity contribution in [3.8, 4) is 0 Å². The number of amides is 1. The molecular weight excluding hydrogens is 487 g/mol. The maximum Gasteiger partial charge on any atom is 0.269 e. The molecule has 0 spiro atoms. The highest BCUT2D eigenvalue weighted by Gasteiger charge is 2.20. The molecule has 3 rings (SSSR count). The van der Waals surface area contributed by atoms with E-state index in [-0.39, 0.29) is 16.0 Å². The van der Waals surface area contributed by atoms with Crippen LogP contribution in [0.3, 0.4) is 0 Å². The molecule has 0 saturated heterocycles. The van der Waals surface area contributed by atoms with Gasteiger partial charge in [-0.3, -0.25) is 10.1 Å². The molecule has 158 valence electrons. The number of sulfonamides is 1. The van der Waals surface area contributed by atoms with Crippen LogP contribution in [0.2, 0.25) is 10.0 Å². The van der Waals surface area contributed by atoms with Gasteiger partial charge in [0.2, 0.25) is 9.47 Å². The van der Waals surface area contributed by atoms with Crippen LogP contribution in [0.15, 0.2) is 52.9 Å². The Bertz CT molecular complexity index is 1120. The molecule has 0 atom stereocenters. The van der Waals surface area contributed by atoms with E-state index in [2.05, 4.69) is 20.2 Å². The molecule has 12 heteroatoms. The van der Waals surface area contributed by atoms with Gasteiger partial charge in [-0.25, -0.2) is 13.1 Å². The zero-order valence-corrected chi connectivity index (χ0v) is 19.3. The molecule has 0 saturated carbocycles. The van der Waals surface area contributed by atoms with Gasteiger partial charge in [0.05, 0.1) is 0 Å². The Balaban J connectivity index is 1.48. The van der Waals surface area contributed by atoms with E-state index in [1.54, 1.807) is 42.1 Å². The normalized spacial score (nSPS) is 11.4. The Morgan fingerprint density at radius 3 is 2.57 bits per heavy atom. The number of aromatic nitrogens is 2. The van der Waals surface area contributed by atoms with Crippen molar-refractivity contribution in [2.24, 2.45) is 0 Å². The second-order valence-electron chi connectivity index (χ2n) is 5.91. The van der Waals surface area contributed by atoms with E-state index in [1.165, 1.54) is 0 Å². The first-order valence-electron chi connectivity index (χ1n) is 8.56. The first kappa shape index (κ1) is 23.0. The third-order valence-corrected chi connectivity index (χ3v) is 7.84. The highest BCUT2D eigenvalue weighted by atomic mass is 35.5. The number of nitrogens with zero attached hydrogens (tertiary/aromatic N) is 2. The third-order valence-electron chi connectivity index (χ3n) is 3.66. The number of halogens is 2. The van der Waals surface area contributed by atoms with E-state index in [9.17, 15) is 13.2 Å². The van der Waals surface area contributed by atoms with E-state index >= 15 is 0 Å². The topological polar surface area (TPSA) is 101 Å². The van der Waals surface area contributed by atoms with Gasteiger partial charge in [0.25, 0.3) is 15.9 Å². The molecule has 7 nitrogen and oxygen atoms in total. The van der Waals surface area contributed by atoms with Gasteiger partial charge < -0.3 is 0 Å². The fourth-order valence-electron chi connectivity index (χ4n) is 2.27. The van der Waals surface area contributed by atoms with Crippen molar-refractivity contribution in [3.05, 3.63) is 69.7 Å². The van der Waals surface area contributed by atoms with Gasteiger partial charge in [0, 0.05) is 33.7 Å². The number of benzene rings is 2. The third kappa shape index (κ3) is 6.66. The molecule has 0 unspecified atom stereocenters. The van der Waals surface area contributed by atoms with Crippen molar-refractivity contribution in [2.45, 2.75) is 10.1 Å². The van der Waals surface area contributed by atoms with Gasteiger partial charge >= 0.3 is 0 Å².